The summed E-state index contributed by atoms with van der Waals surface area (Å²) in [5.74, 6) is 0. The molecule has 2 rings (SSSR count). The van der Waals surface area contributed by atoms with E-state index in [1.807, 2.05) is 21.1 Å². The van der Waals surface area contributed by atoms with Gasteiger partial charge in [-0.05, 0) is 57.1 Å². The van der Waals surface area contributed by atoms with Crippen LogP contribution in [0, 0.1) is 0 Å². The third kappa shape index (κ3) is 17.3. The minimum Gasteiger partial charge on any atom is -0.363 e. The second kappa shape index (κ2) is 19.5. The van der Waals surface area contributed by atoms with E-state index in [0.29, 0.717) is 10.9 Å². The second-order valence-corrected chi connectivity index (χ2v) is 13.3. The van der Waals surface area contributed by atoms with Crippen LogP contribution < -0.4 is 0 Å². The van der Waals surface area contributed by atoms with Gasteiger partial charge in [-0.2, -0.15) is 0 Å². The van der Waals surface area contributed by atoms with Gasteiger partial charge < -0.3 is 14.5 Å². The van der Waals surface area contributed by atoms with Crippen LogP contribution in [0.15, 0.2) is 48.6 Å². The van der Waals surface area contributed by atoms with Crippen LogP contribution in [0.4, 0.5) is 0 Å². The quantitative estimate of drug-likeness (QED) is 0.0458. The molecule has 7 nitrogen and oxygen atoms in total. The van der Waals surface area contributed by atoms with Crippen molar-refractivity contribution in [3.05, 3.63) is 54.2 Å². The Bertz CT molecular complexity index is 1020. The minimum absolute atomic E-state index is 0.163. The number of hydrogen-bond acceptors (Lipinski definition) is 5. The molecule has 0 saturated heterocycles. The highest BCUT2D eigenvalue weighted by Gasteiger charge is 2.28. The summed E-state index contributed by atoms with van der Waals surface area (Å²) in [6.07, 6.45) is 20.8. The van der Waals surface area contributed by atoms with E-state index in [-0.39, 0.29) is 13.2 Å². The number of phosphoric ester groups is 1. The maximum Gasteiger partial charge on any atom is 0.474 e. The lowest BCUT2D eigenvalue weighted by atomic mass is 10.1. The molecule has 1 aromatic carbocycles. The van der Waals surface area contributed by atoms with Gasteiger partial charge in [0.1, 0.15) is 6.54 Å². The summed E-state index contributed by atoms with van der Waals surface area (Å²) < 4.78 is 22.1. The monoisotopic (exact) mass is 577 g/mol. The summed E-state index contributed by atoms with van der Waals surface area (Å²) >= 11 is 0. The summed E-state index contributed by atoms with van der Waals surface area (Å²) in [5.41, 5.74) is 2.31. The SMILES string of the molecule is C[N+](C)(C)CC(O)OP(=O)(O)OCCCCCCCC/C=C\CCCCCCCCc1ccc2ccccc2n1. The van der Waals surface area contributed by atoms with Crippen LogP contribution in [0.25, 0.3) is 10.9 Å². The molecule has 0 spiro atoms. The molecule has 2 atom stereocenters. The van der Waals surface area contributed by atoms with Gasteiger partial charge in [0, 0.05) is 11.1 Å². The number of phosphoric acid groups is 1. The molecule has 0 saturated carbocycles. The Balaban J connectivity index is 1.33. The van der Waals surface area contributed by atoms with Gasteiger partial charge in [-0.1, -0.05) is 87.8 Å². The third-order valence-corrected chi connectivity index (χ3v) is 7.87. The minimum atomic E-state index is -4.21. The second-order valence-electron chi connectivity index (χ2n) is 11.9. The number of allylic oxidation sites excluding steroid dienone is 2. The molecule has 0 aliphatic rings. The standard InChI is InChI=1S/C32H53N2O5P/c1-34(2,3)28-32(35)39-40(36,37)38-27-21-17-15-13-11-9-7-5-4-6-8-10-12-14-16-18-23-30-26-25-29-22-19-20-24-31(29)33-30/h4-5,19-20,22,24-26,32,35H,6-18,21,23,27-28H2,1-3H3/p+1/b5-4-. The zero-order valence-corrected chi connectivity index (χ0v) is 26.1. The van der Waals surface area contributed by atoms with E-state index in [0.717, 1.165) is 31.2 Å². The lowest BCUT2D eigenvalue weighted by Crippen LogP contribution is -2.42. The molecule has 0 fully saturated rings. The van der Waals surface area contributed by atoms with Crippen molar-refractivity contribution in [2.75, 3.05) is 34.3 Å². The lowest BCUT2D eigenvalue weighted by molar-refractivity contribution is -0.876. The van der Waals surface area contributed by atoms with Crippen LogP contribution in [0.1, 0.15) is 95.6 Å². The van der Waals surface area contributed by atoms with E-state index in [1.54, 1.807) is 0 Å². The smallest absolute Gasteiger partial charge is 0.363 e. The normalized spacial score (nSPS) is 14.6. The molecule has 0 aliphatic carbocycles. The highest BCUT2D eigenvalue weighted by molar-refractivity contribution is 7.47. The van der Waals surface area contributed by atoms with E-state index in [1.165, 1.54) is 75.3 Å². The molecule has 0 radical (unpaired) electrons. The number of fused-ring (bicyclic) bond motifs is 1. The largest absolute Gasteiger partial charge is 0.474 e. The number of unbranched alkanes of at least 4 members (excludes halogenated alkanes) is 12. The van der Waals surface area contributed by atoms with E-state index in [4.69, 9.17) is 14.0 Å². The van der Waals surface area contributed by atoms with Crippen molar-refractivity contribution in [2.24, 2.45) is 0 Å². The predicted octanol–water partition coefficient (Wildman–Crippen LogP) is 7.95. The number of nitrogens with zero attached hydrogens (tertiary/aromatic N) is 2. The Morgan fingerprint density at radius 2 is 1.40 bits per heavy atom. The molecule has 226 valence electrons. The van der Waals surface area contributed by atoms with Gasteiger partial charge in [0.25, 0.3) is 0 Å². The molecule has 0 bridgehead atoms. The first-order valence-corrected chi connectivity index (χ1v) is 16.8. The first kappa shape index (κ1) is 34.6. The number of quaternary nitrogens is 1. The van der Waals surface area contributed by atoms with Gasteiger partial charge in [0.2, 0.25) is 6.29 Å². The maximum atomic E-state index is 11.9. The van der Waals surface area contributed by atoms with Crippen LogP contribution in [-0.2, 0) is 20.0 Å². The Labute approximate surface area is 242 Å². The highest BCUT2D eigenvalue weighted by atomic mass is 31.2. The average Bonchev–Trinajstić information content (AvgIpc) is 2.88. The van der Waals surface area contributed by atoms with Gasteiger partial charge >= 0.3 is 7.82 Å². The van der Waals surface area contributed by atoms with Crippen LogP contribution >= 0.6 is 7.82 Å². The zero-order valence-electron chi connectivity index (χ0n) is 25.2. The number of aryl methyl sites for hydroxylation is 1. The highest BCUT2D eigenvalue weighted by Crippen LogP contribution is 2.44. The number of aliphatic hydroxyl groups is 1. The first-order valence-electron chi connectivity index (χ1n) is 15.3. The van der Waals surface area contributed by atoms with Crippen LogP contribution in [0.5, 0.6) is 0 Å². The molecule has 0 aliphatic heterocycles. The van der Waals surface area contributed by atoms with Crippen molar-refractivity contribution in [2.45, 2.75) is 103 Å². The molecule has 8 heteroatoms. The number of aromatic nitrogens is 1. The molecule has 1 aromatic heterocycles. The predicted molar refractivity (Wildman–Crippen MR) is 165 cm³/mol. The van der Waals surface area contributed by atoms with Crippen LogP contribution in [-0.4, -0.2) is 60.1 Å². The van der Waals surface area contributed by atoms with E-state index in [9.17, 15) is 14.6 Å². The summed E-state index contributed by atoms with van der Waals surface area (Å²) in [7, 11) is 1.38. The summed E-state index contributed by atoms with van der Waals surface area (Å²) in [6, 6.07) is 12.7. The zero-order chi connectivity index (χ0) is 29.1. The van der Waals surface area contributed by atoms with Gasteiger partial charge in [0.15, 0.2) is 0 Å². The fraction of sp³-hybridized carbons (Fsp3) is 0.656. The Hall–Kier alpha value is -1.60. The van der Waals surface area contributed by atoms with Crippen molar-refractivity contribution in [3.8, 4) is 0 Å². The number of rotatable bonds is 23. The molecular weight excluding hydrogens is 523 g/mol. The first-order chi connectivity index (χ1) is 19.1. The number of likely N-dealkylation sites (N-methyl/N-ethyl adjacent to an activating group) is 1. The number of para-hydroxylation sites is 1. The number of pyridine rings is 1. The summed E-state index contributed by atoms with van der Waals surface area (Å²) in [5, 5.41) is 11.0. The Kier molecular flexibility index (Phi) is 16.9. The van der Waals surface area contributed by atoms with E-state index < -0.39 is 14.1 Å². The number of hydrogen-bond donors (Lipinski definition) is 2. The number of benzene rings is 1. The average molecular weight is 578 g/mol. The van der Waals surface area contributed by atoms with Crippen molar-refractivity contribution < 1.29 is 28.1 Å². The Morgan fingerprint density at radius 1 is 0.825 bits per heavy atom. The topological polar surface area (TPSA) is 88.9 Å². The van der Waals surface area contributed by atoms with Gasteiger partial charge in [-0.25, -0.2) is 4.57 Å². The molecular formula is C32H54N2O5P+. The molecule has 1 heterocycles. The van der Waals surface area contributed by atoms with E-state index in [2.05, 4.69) is 48.6 Å². The van der Waals surface area contributed by atoms with Crippen molar-refractivity contribution >= 4 is 18.7 Å². The third-order valence-electron chi connectivity index (χ3n) is 6.85. The Morgan fingerprint density at radius 3 is 2.05 bits per heavy atom. The van der Waals surface area contributed by atoms with E-state index >= 15 is 0 Å². The fourth-order valence-electron chi connectivity index (χ4n) is 4.70. The van der Waals surface area contributed by atoms with Crippen LogP contribution in [0.3, 0.4) is 0 Å². The van der Waals surface area contributed by atoms with Gasteiger partial charge in [-0.3, -0.25) is 14.0 Å². The molecule has 40 heavy (non-hydrogen) atoms. The molecule has 0 amide bonds. The van der Waals surface area contributed by atoms with Crippen molar-refractivity contribution in [1.29, 1.82) is 0 Å². The van der Waals surface area contributed by atoms with Crippen molar-refractivity contribution in [1.82, 2.24) is 4.98 Å². The summed E-state index contributed by atoms with van der Waals surface area (Å²) in [4.78, 5) is 14.5. The fourth-order valence-corrected chi connectivity index (χ4v) is 5.49. The number of aliphatic hydroxyl groups excluding tert-OH is 1. The maximum absolute atomic E-state index is 11.9. The molecule has 2 unspecified atom stereocenters. The van der Waals surface area contributed by atoms with Crippen LogP contribution in [0.2, 0.25) is 0 Å². The van der Waals surface area contributed by atoms with Gasteiger partial charge in [0.05, 0.1) is 33.3 Å². The lowest BCUT2D eigenvalue weighted by Gasteiger charge is -2.27. The van der Waals surface area contributed by atoms with Gasteiger partial charge in [-0.15, -0.1) is 0 Å². The van der Waals surface area contributed by atoms with Crippen molar-refractivity contribution in [3.63, 3.8) is 0 Å². The summed E-state index contributed by atoms with van der Waals surface area (Å²) in [6.45, 7) is 0.367. The molecule has 2 aromatic rings. The molecule has 2 N–H and O–H groups in total.